The molecule has 0 atom stereocenters. The second-order valence-corrected chi connectivity index (χ2v) is 6.76. The van der Waals surface area contributed by atoms with E-state index in [1.807, 2.05) is 0 Å². The number of halogens is 1. The van der Waals surface area contributed by atoms with Crippen molar-refractivity contribution < 1.29 is 0 Å². The Hall–Kier alpha value is -0.0200. The molecule has 3 heteroatoms. The number of nitrogen functional groups attached to an aromatic ring is 1. The molecule has 0 fully saturated rings. The molecule has 1 rings (SSSR count). The number of rotatable bonds is 3. The van der Waals surface area contributed by atoms with Gasteiger partial charge in [-0.2, -0.15) is 0 Å². The zero-order valence-corrected chi connectivity index (χ0v) is 11.6. The maximum atomic E-state index is 6.05. The summed E-state index contributed by atoms with van der Waals surface area (Å²) in [5.74, 6) is 1.23. The highest BCUT2D eigenvalue weighted by atomic mass is 79.9. The molecule has 0 aromatic carbocycles. The van der Waals surface area contributed by atoms with E-state index in [2.05, 4.69) is 43.6 Å². The zero-order valence-electron chi connectivity index (χ0n) is 9.23. The van der Waals surface area contributed by atoms with E-state index >= 15 is 0 Å². The monoisotopic (exact) mass is 275 g/mol. The van der Waals surface area contributed by atoms with Gasteiger partial charge < -0.3 is 5.73 Å². The van der Waals surface area contributed by atoms with Crippen LogP contribution in [0.25, 0.3) is 0 Å². The Balaban J connectivity index is 3.10. The summed E-state index contributed by atoms with van der Waals surface area (Å²) in [7, 11) is 0. The van der Waals surface area contributed by atoms with Crippen LogP contribution in [-0.4, -0.2) is 0 Å². The lowest BCUT2D eigenvalue weighted by Gasteiger charge is -2.10. The molecular weight excluding hydrogens is 258 g/mol. The minimum absolute atomic E-state index is 0.572. The lowest BCUT2D eigenvalue weighted by Crippen LogP contribution is -2.00. The predicted molar refractivity (Wildman–Crippen MR) is 69.1 cm³/mol. The van der Waals surface area contributed by atoms with Crippen molar-refractivity contribution in [3.05, 3.63) is 14.2 Å². The van der Waals surface area contributed by atoms with E-state index < -0.39 is 0 Å². The summed E-state index contributed by atoms with van der Waals surface area (Å²) in [5, 5.41) is 0. The van der Waals surface area contributed by atoms with Crippen LogP contribution in [0.3, 0.4) is 0 Å². The fraction of sp³-hybridized carbons (Fsp3) is 0.636. The lowest BCUT2D eigenvalue weighted by atomic mass is 9.98. The van der Waals surface area contributed by atoms with E-state index in [9.17, 15) is 0 Å². The van der Waals surface area contributed by atoms with Crippen LogP contribution in [0.1, 0.15) is 44.1 Å². The van der Waals surface area contributed by atoms with Crippen molar-refractivity contribution in [2.75, 3.05) is 5.73 Å². The van der Waals surface area contributed by atoms with Gasteiger partial charge in [-0.05, 0) is 39.8 Å². The second kappa shape index (κ2) is 4.67. The number of thiophene rings is 1. The average molecular weight is 276 g/mol. The van der Waals surface area contributed by atoms with Gasteiger partial charge in [0.05, 0.1) is 9.47 Å². The molecule has 80 valence electrons. The van der Waals surface area contributed by atoms with Crippen molar-refractivity contribution >= 4 is 33.0 Å². The molecule has 0 aliphatic rings. The van der Waals surface area contributed by atoms with Gasteiger partial charge in [0, 0.05) is 4.88 Å². The Labute approximate surface area is 98.8 Å². The van der Waals surface area contributed by atoms with E-state index in [4.69, 9.17) is 5.73 Å². The quantitative estimate of drug-likeness (QED) is 0.869. The predicted octanol–water partition coefficient (Wildman–Crippen LogP) is 4.41. The van der Waals surface area contributed by atoms with Crippen LogP contribution >= 0.6 is 27.3 Å². The van der Waals surface area contributed by atoms with Crippen molar-refractivity contribution in [3.8, 4) is 0 Å². The molecule has 0 saturated carbocycles. The van der Waals surface area contributed by atoms with Crippen LogP contribution in [-0.2, 0) is 6.42 Å². The van der Waals surface area contributed by atoms with E-state index in [1.54, 1.807) is 11.3 Å². The first-order chi connectivity index (χ1) is 6.43. The summed E-state index contributed by atoms with van der Waals surface area (Å²) in [5.41, 5.74) is 8.36. The molecule has 0 amide bonds. The Morgan fingerprint density at radius 1 is 1.29 bits per heavy atom. The molecule has 1 nitrogen and oxygen atoms in total. The summed E-state index contributed by atoms with van der Waals surface area (Å²) in [4.78, 5) is 1.43. The van der Waals surface area contributed by atoms with Gasteiger partial charge in [0.2, 0.25) is 0 Å². The fourth-order valence-electron chi connectivity index (χ4n) is 1.55. The lowest BCUT2D eigenvalue weighted by molar-refractivity contribution is 0.643. The SMILES string of the molecule is CC(C)Cc1c(C(C)C)sc(Br)c1N. The average Bonchev–Trinajstić information content (AvgIpc) is 2.32. The van der Waals surface area contributed by atoms with Crippen LogP contribution in [0.5, 0.6) is 0 Å². The molecule has 0 aliphatic heterocycles. The van der Waals surface area contributed by atoms with E-state index in [0.29, 0.717) is 11.8 Å². The first-order valence-corrected chi connectivity index (χ1v) is 6.61. The largest absolute Gasteiger partial charge is 0.397 e. The fourth-order valence-corrected chi connectivity index (χ4v) is 3.29. The molecule has 0 bridgehead atoms. The van der Waals surface area contributed by atoms with E-state index in [-0.39, 0.29) is 0 Å². The molecule has 0 radical (unpaired) electrons. The minimum Gasteiger partial charge on any atom is -0.397 e. The topological polar surface area (TPSA) is 26.0 Å². The third-order valence-electron chi connectivity index (χ3n) is 2.17. The summed E-state index contributed by atoms with van der Waals surface area (Å²) < 4.78 is 1.09. The molecule has 0 unspecified atom stereocenters. The van der Waals surface area contributed by atoms with Gasteiger partial charge in [0.1, 0.15) is 0 Å². The summed E-state index contributed by atoms with van der Waals surface area (Å²) in [6.07, 6.45) is 1.08. The highest BCUT2D eigenvalue weighted by Gasteiger charge is 2.17. The molecule has 1 heterocycles. The number of nitrogens with two attached hydrogens (primary N) is 1. The van der Waals surface area contributed by atoms with Crippen molar-refractivity contribution in [2.24, 2.45) is 5.92 Å². The maximum Gasteiger partial charge on any atom is 0.0933 e. The van der Waals surface area contributed by atoms with Crippen LogP contribution in [0, 0.1) is 5.92 Å². The number of hydrogen-bond donors (Lipinski definition) is 1. The third kappa shape index (κ3) is 2.51. The van der Waals surface area contributed by atoms with Gasteiger partial charge in [-0.25, -0.2) is 0 Å². The first kappa shape index (κ1) is 12.1. The van der Waals surface area contributed by atoms with E-state index in [0.717, 1.165) is 15.9 Å². The summed E-state index contributed by atoms with van der Waals surface area (Å²) >= 11 is 5.30. The van der Waals surface area contributed by atoms with Gasteiger partial charge in [-0.1, -0.05) is 27.7 Å². The molecule has 0 saturated heterocycles. The smallest absolute Gasteiger partial charge is 0.0933 e. The Morgan fingerprint density at radius 2 is 1.86 bits per heavy atom. The molecule has 0 aliphatic carbocycles. The zero-order chi connectivity index (χ0) is 10.9. The summed E-state index contributed by atoms with van der Waals surface area (Å²) in [6.45, 7) is 8.91. The number of hydrogen-bond acceptors (Lipinski definition) is 2. The third-order valence-corrected chi connectivity index (χ3v) is 4.42. The van der Waals surface area contributed by atoms with Gasteiger partial charge in [-0.3, -0.25) is 0 Å². The maximum absolute atomic E-state index is 6.05. The molecule has 14 heavy (non-hydrogen) atoms. The van der Waals surface area contributed by atoms with Crippen molar-refractivity contribution in [3.63, 3.8) is 0 Å². The standard InChI is InChI=1S/C11H18BrNS/c1-6(2)5-8-9(13)11(12)14-10(8)7(3)4/h6-7H,5,13H2,1-4H3. The normalized spacial score (nSPS) is 11.6. The van der Waals surface area contributed by atoms with Gasteiger partial charge in [-0.15, -0.1) is 11.3 Å². The van der Waals surface area contributed by atoms with Gasteiger partial charge >= 0.3 is 0 Å². The molecular formula is C11H18BrNS. The van der Waals surface area contributed by atoms with Gasteiger partial charge in [0.15, 0.2) is 0 Å². The van der Waals surface area contributed by atoms with Crippen LogP contribution in [0.4, 0.5) is 5.69 Å². The molecule has 0 spiro atoms. The second-order valence-electron chi connectivity index (χ2n) is 4.38. The van der Waals surface area contributed by atoms with Gasteiger partial charge in [0.25, 0.3) is 0 Å². The Morgan fingerprint density at radius 3 is 2.29 bits per heavy atom. The first-order valence-electron chi connectivity index (χ1n) is 5.00. The minimum atomic E-state index is 0.572. The number of anilines is 1. The Bertz CT molecular complexity index is 315. The van der Waals surface area contributed by atoms with Crippen molar-refractivity contribution in [1.82, 2.24) is 0 Å². The Kier molecular flexibility index (Phi) is 4.02. The van der Waals surface area contributed by atoms with Crippen LogP contribution in [0.15, 0.2) is 3.79 Å². The van der Waals surface area contributed by atoms with Crippen LogP contribution < -0.4 is 5.73 Å². The molecule has 2 N–H and O–H groups in total. The van der Waals surface area contributed by atoms with Crippen molar-refractivity contribution in [2.45, 2.75) is 40.0 Å². The summed E-state index contributed by atoms with van der Waals surface area (Å²) in [6, 6.07) is 0. The molecule has 1 aromatic heterocycles. The highest BCUT2D eigenvalue weighted by Crippen LogP contribution is 2.40. The van der Waals surface area contributed by atoms with Crippen LogP contribution in [0.2, 0.25) is 0 Å². The highest BCUT2D eigenvalue weighted by molar-refractivity contribution is 9.11. The van der Waals surface area contributed by atoms with Crippen molar-refractivity contribution in [1.29, 1.82) is 0 Å². The van der Waals surface area contributed by atoms with E-state index in [1.165, 1.54) is 10.4 Å². The molecule has 1 aromatic rings.